The molecule has 3 rings (SSSR count). The zero-order chi connectivity index (χ0) is 21.0. The lowest BCUT2D eigenvalue weighted by Crippen LogP contribution is -2.30. The van der Waals surface area contributed by atoms with Gasteiger partial charge in [0.2, 0.25) is 5.60 Å². The monoisotopic (exact) mass is 395 g/mol. The van der Waals surface area contributed by atoms with E-state index in [1.807, 2.05) is 43.3 Å². The zero-order valence-electron chi connectivity index (χ0n) is 17.4. The van der Waals surface area contributed by atoms with Crippen LogP contribution in [0.2, 0.25) is 0 Å². The molecule has 2 aromatic rings. The molecule has 0 spiro atoms. The molecule has 2 aromatic carbocycles. The van der Waals surface area contributed by atoms with Crippen LogP contribution in [0.3, 0.4) is 0 Å². The minimum Gasteiger partial charge on any atom is -0.493 e. The molecule has 1 atom stereocenters. The van der Waals surface area contributed by atoms with Gasteiger partial charge in [0.25, 0.3) is 0 Å². The summed E-state index contributed by atoms with van der Waals surface area (Å²) in [6, 6.07) is 11.6. The van der Waals surface area contributed by atoms with E-state index in [4.69, 9.17) is 23.7 Å². The molecule has 152 valence electrons. The summed E-state index contributed by atoms with van der Waals surface area (Å²) in [5.74, 6) is 2.96. The standard InChI is InChI=1S/C23H25NO5/c1-6-9-23(14-24)17-13-22(28-5)21(27-4)12-16(17)11-19(29-23)15-7-8-18(25-2)20(10-15)26-3/h7-8,10-13H,6,9H2,1-5H3. The maximum absolute atomic E-state index is 10.1. The molecule has 0 bridgehead atoms. The van der Waals surface area contributed by atoms with Gasteiger partial charge in [-0.2, -0.15) is 5.26 Å². The third-order valence-electron chi connectivity index (χ3n) is 5.01. The van der Waals surface area contributed by atoms with Crippen molar-refractivity contribution in [3.8, 4) is 29.1 Å². The van der Waals surface area contributed by atoms with Crippen LogP contribution in [0.15, 0.2) is 30.3 Å². The van der Waals surface area contributed by atoms with Crippen LogP contribution in [0.1, 0.15) is 36.5 Å². The van der Waals surface area contributed by atoms with E-state index < -0.39 is 5.60 Å². The Labute approximate surface area is 171 Å². The van der Waals surface area contributed by atoms with Gasteiger partial charge in [-0.1, -0.05) is 13.3 Å². The molecule has 1 aliphatic heterocycles. The highest BCUT2D eigenvalue weighted by Gasteiger charge is 2.40. The summed E-state index contributed by atoms with van der Waals surface area (Å²) in [7, 11) is 6.34. The summed E-state index contributed by atoms with van der Waals surface area (Å²) in [5, 5.41) is 10.1. The highest BCUT2D eigenvalue weighted by Crippen LogP contribution is 2.46. The Hall–Kier alpha value is -3.33. The summed E-state index contributed by atoms with van der Waals surface area (Å²) in [4.78, 5) is 0. The fourth-order valence-corrected chi connectivity index (χ4v) is 3.59. The van der Waals surface area contributed by atoms with Crippen LogP contribution in [0.4, 0.5) is 0 Å². The first-order chi connectivity index (χ1) is 14.0. The van der Waals surface area contributed by atoms with Crippen molar-refractivity contribution in [2.24, 2.45) is 0 Å². The van der Waals surface area contributed by atoms with Crippen LogP contribution >= 0.6 is 0 Å². The van der Waals surface area contributed by atoms with Crippen molar-refractivity contribution in [1.29, 1.82) is 5.26 Å². The quantitative estimate of drug-likeness (QED) is 0.673. The number of benzene rings is 2. The molecule has 6 nitrogen and oxygen atoms in total. The van der Waals surface area contributed by atoms with Gasteiger partial charge < -0.3 is 23.7 Å². The Morgan fingerprint density at radius 1 is 0.897 bits per heavy atom. The van der Waals surface area contributed by atoms with E-state index in [9.17, 15) is 5.26 Å². The van der Waals surface area contributed by atoms with Crippen LogP contribution in [0, 0.1) is 11.3 Å². The highest BCUT2D eigenvalue weighted by molar-refractivity contribution is 5.83. The first kappa shape index (κ1) is 20.4. The molecule has 1 aliphatic rings. The summed E-state index contributed by atoms with van der Waals surface area (Å²) in [6.07, 6.45) is 3.22. The van der Waals surface area contributed by atoms with Crippen molar-refractivity contribution in [3.05, 3.63) is 47.0 Å². The predicted molar refractivity (Wildman–Crippen MR) is 110 cm³/mol. The van der Waals surface area contributed by atoms with E-state index in [1.54, 1.807) is 28.4 Å². The number of nitrogens with zero attached hydrogens (tertiary/aromatic N) is 1. The van der Waals surface area contributed by atoms with Gasteiger partial charge in [0.05, 0.1) is 28.4 Å². The largest absolute Gasteiger partial charge is 0.493 e. The highest BCUT2D eigenvalue weighted by atomic mass is 16.5. The molecule has 29 heavy (non-hydrogen) atoms. The number of nitriles is 1. The first-order valence-electron chi connectivity index (χ1n) is 9.36. The van der Waals surface area contributed by atoms with Crippen molar-refractivity contribution in [2.45, 2.75) is 25.4 Å². The molecule has 0 saturated carbocycles. The molecule has 6 heteroatoms. The van der Waals surface area contributed by atoms with Gasteiger partial charge in [0, 0.05) is 17.5 Å². The summed E-state index contributed by atoms with van der Waals surface area (Å²) in [5.41, 5.74) is 1.29. The van der Waals surface area contributed by atoms with Crippen molar-refractivity contribution in [3.63, 3.8) is 0 Å². The lowest BCUT2D eigenvalue weighted by molar-refractivity contribution is 0.0807. The fraction of sp³-hybridized carbons (Fsp3) is 0.348. The maximum Gasteiger partial charge on any atom is 0.220 e. The van der Waals surface area contributed by atoms with Crippen LogP contribution in [0.5, 0.6) is 23.0 Å². The van der Waals surface area contributed by atoms with E-state index in [-0.39, 0.29) is 0 Å². The second kappa shape index (κ2) is 8.36. The zero-order valence-corrected chi connectivity index (χ0v) is 17.4. The topological polar surface area (TPSA) is 69.9 Å². The second-order valence-corrected chi connectivity index (χ2v) is 6.66. The molecule has 0 saturated heterocycles. The number of rotatable bonds is 7. The lowest BCUT2D eigenvalue weighted by Gasteiger charge is -2.34. The van der Waals surface area contributed by atoms with Crippen molar-refractivity contribution >= 4 is 11.8 Å². The Bertz CT molecular complexity index is 976. The third kappa shape index (κ3) is 3.56. The van der Waals surface area contributed by atoms with E-state index in [0.717, 1.165) is 23.1 Å². The Morgan fingerprint density at radius 3 is 2.10 bits per heavy atom. The van der Waals surface area contributed by atoms with E-state index in [2.05, 4.69) is 6.07 Å². The van der Waals surface area contributed by atoms with Crippen LogP contribution in [-0.2, 0) is 10.3 Å². The Kier molecular flexibility index (Phi) is 5.88. The Morgan fingerprint density at radius 2 is 1.52 bits per heavy atom. The molecule has 0 N–H and O–H groups in total. The molecule has 0 aromatic heterocycles. The molecular formula is C23H25NO5. The van der Waals surface area contributed by atoms with Gasteiger partial charge in [-0.3, -0.25) is 0 Å². The van der Waals surface area contributed by atoms with Crippen molar-refractivity contribution < 1.29 is 23.7 Å². The third-order valence-corrected chi connectivity index (χ3v) is 5.01. The van der Waals surface area contributed by atoms with Gasteiger partial charge in [0.15, 0.2) is 23.0 Å². The minimum atomic E-state index is -1.12. The Balaban J connectivity index is 2.21. The van der Waals surface area contributed by atoms with Gasteiger partial charge in [-0.05, 0) is 42.0 Å². The molecule has 0 aliphatic carbocycles. The number of fused-ring (bicyclic) bond motifs is 1. The van der Waals surface area contributed by atoms with Crippen molar-refractivity contribution in [1.82, 2.24) is 0 Å². The molecule has 0 amide bonds. The first-order valence-corrected chi connectivity index (χ1v) is 9.36. The fourth-order valence-electron chi connectivity index (χ4n) is 3.59. The van der Waals surface area contributed by atoms with E-state index in [1.165, 1.54) is 0 Å². The second-order valence-electron chi connectivity index (χ2n) is 6.66. The normalized spacial score (nSPS) is 17.3. The van der Waals surface area contributed by atoms with Crippen LogP contribution in [0.25, 0.3) is 11.8 Å². The maximum atomic E-state index is 10.1. The lowest BCUT2D eigenvalue weighted by atomic mass is 9.84. The van der Waals surface area contributed by atoms with Gasteiger partial charge in [-0.25, -0.2) is 0 Å². The average Bonchev–Trinajstić information content (AvgIpc) is 2.77. The number of ether oxygens (including phenoxy) is 5. The summed E-state index contributed by atoms with van der Waals surface area (Å²) >= 11 is 0. The van der Waals surface area contributed by atoms with E-state index in [0.29, 0.717) is 35.2 Å². The van der Waals surface area contributed by atoms with Crippen LogP contribution < -0.4 is 18.9 Å². The van der Waals surface area contributed by atoms with Gasteiger partial charge >= 0.3 is 0 Å². The van der Waals surface area contributed by atoms with Crippen LogP contribution in [-0.4, -0.2) is 28.4 Å². The molecule has 0 radical (unpaired) electrons. The molecular weight excluding hydrogens is 370 g/mol. The van der Waals surface area contributed by atoms with Crippen molar-refractivity contribution in [2.75, 3.05) is 28.4 Å². The van der Waals surface area contributed by atoms with Gasteiger partial charge in [0.1, 0.15) is 11.8 Å². The summed E-state index contributed by atoms with van der Waals surface area (Å²) < 4.78 is 28.0. The predicted octanol–water partition coefficient (Wildman–Crippen LogP) is 4.77. The SMILES string of the molecule is CCCC1(C#N)OC(c2ccc(OC)c(OC)c2)=Cc2cc(OC)c(OC)cc21. The average molecular weight is 395 g/mol. The number of methoxy groups -OCH3 is 4. The molecule has 1 heterocycles. The molecule has 0 fully saturated rings. The number of hydrogen-bond acceptors (Lipinski definition) is 6. The smallest absolute Gasteiger partial charge is 0.220 e. The van der Waals surface area contributed by atoms with Gasteiger partial charge in [-0.15, -0.1) is 0 Å². The molecule has 1 unspecified atom stereocenters. The van der Waals surface area contributed by atoms with E-state index >= 15 is 0 Å². The minimum absolute atomic E-state index is 0.538. The number of hydrogen-bond donors (Lipinski definition) is 0. The summed E-state index contributed by atoms with van der Waals surface area (Å²) in [6.45, 7) is 2.03.